The van der Waals surface area contributed by atoms with E-state index in [-0.39, 0.29) is 11.4 Å². The van der Waals surface area contributed by atoms with Crippen molar-refractivity contribution < 1.29 is 9.53 Å². The average molecular weight is 248 g/mol. The van der Waals surface area contributed by atoms with E-state index in [4.69, 9.17) is 10.5 Å². The number of ether oxygens (including phenoxy) is 1. The maximum absolute atomic E-state index is 12.2. The van der Waals surface area contributed by atoms with Gasteiger partial charge in [-0.05, 0) is 44.4 Å². The highest BCUT2D eigenvalue weighted by molar-refractivity contribution is 5.99. The Labute approximate surface area is 108 Å². The van der Waals surface area contributed by atoms with Crippen molar-refractivity contribution in [3.63, 3.8) is 0 Å². The van der Waals surface area contributed by atoms with Gasteiger partial charge in [-0.15, -0.1) is 0 Å². The molecule has 0 atom stereocenters. The molecule has 0 spiro atoms. The molecule has 1 heterocycles. The summed E-state index contributed by atoms with van der Waals surface area (Å²) in [6.45, 7) is 5.40. The van der Waals surface area contributed by atoms with E-state index in [0.717, 1.165) is 18.4 Å². The van der Waals surface area contributed by atoms with E-state index in [1.165, 1.54) is 0 Å². The number of nitrogens with one attached hydrogen (secondary N) is 1. The van der Waals surface area contributed by atoms with Gasteiger partial charge in [0.05, 0.1) is 5.56 Å². The van der Waals surface area contributed by atoms with Crippen LogP contribution in [0.15, 0.2) is 18.2 Å². The summed E-state index contributed by atoms with van der Waals surface area (Å²) in [6, 6.07) is 5.50. The number of hydrogen-bond acceptors (Lipinski definition) is 3. The molecule has 4 nitrogen and oxygen atoms in total. The minimum atomic E-state index is -0.188. The van der Waals surface area contributed by atoms with Crippen LogP contribution in [0.5, 0.6) is 0 Å². The lowest BCUT2D eigenvalue weighted by atomic mass is 9.92. The van der Waals surface area contributed by atoms with E-state index in [0.29, 0.717) is 24.5 Å². The highest BCUT2D eigenvalue weighted by atomic mass is 16.5. The summed E-state index contributed by atoms with van der Waals surface area (Å²) in [4.78, 5) is 12.2. The van der Waals surface area contributed by atoms with Crippen molar-refractivity contribution >= 4 is 11.6 Å². The quantitative estimate of drug-likeness (QED) is 0.785. The van der Waals surface area contributed by atoms with Gasteiger partial charge in [0, 0.05) is 24.4 Å². The molecule has 0 saturated carbocycles. The minimum absolute atomic E-state index is 0.100. The first-order chi connectivity index (χ1) is 8.50. The zero-order chi connectivity index (χ0) is 13.2. The third-order valence-electron chi connectivity index (χ3n) is 3.46. The van der Waals surface area contributed by atoms with Gasteiger partial charge < -0.3 is 15.8 Å². The summed E-state index contributed by atoms with van der Waals surface area (Å²) in [6.07, 6.45) is 1.68. The van der Waals surface area contributed by atoms with Crippen LogP contribution < -0.4 is 11.1 Å². The van der Waals surface area contributed by atoms with Crippen molar-refractivity contribution in [2.24, 2.45) is 0 Å². The predicted molar refractivity (Wildman–Crippen MR) is 71.5 cm³/mol. The standard InChI is InChI=1S/C14H20N2O2/c1-10-3-4-11(12(15)9-10)13(17)16-14(2)5-7-18-8-6-14/h3-4,9H,5-8,15H2,1-2H3,(H,16,17). The molecule has 1 aromatic carbocycles. The van der Waals surface area contributed by atoms with Gasteiger partial charge in [0.15, 0.2) is 0 Å². The van der Waals surface area contributed by atoms with Crippen LogP contribution in [-0.4, -0.2) is 24.7 Å². The Morgan fingerprint density at radius 2 is 2.06 bits per heavy atom. The number of hydrogen-bond donors (Lipinski definition) is 2. The van der Waals surface area contributed by atoms with Gasteiger partial charge in [-0.25, -0.2) is 0 Å². The molecule has 0 unspecified atom stereocenters. The van der Waals surface area contributed by atoms with Crippen LogP contribution in [0.3, 0.4) is 0 Å². The Morgan fingerprint density at radius 3 is 2.67 bits per heavy atom. The lowest BCUT2D eigenvalue weighted by Crippen LogP contribution is -2.49. The molecule has 1 aliphatic heterocycles. The van der Waals surface area contributed by atoms with E-state index >= 15 is 0 Å². The zero-order valence-electron chi connectivity index (χ0n) is 11.0. The molecule has 2 rings (SSSR count). The minimum Gasteiger partial charge on any atom is -0.398 e. The van der Waals surface area contributed by atoms with Gasteiger partial charge in [0.25, 0.3) is 5.91 Å². The first kappa shape index (κ1) is 12.9. The maximum Gasteiger partial charge on any atom is 0.253 e. The first-order valence-corrected chi connectivity index (χ1v) is 6.27. The summed E-state index contributed by atoms with van der Waals surface area (Å²) in [5.41, 5.74) is 7.83. The Kier molecular flexibility index (Phi) is 3.57. The molecular formula is C14H20N2O2. The molecule has 0 radical (unpaired) electrons. The molecule has 0 aliphatic carbocycles. The van der Waals surface area contributed by atoms with Crippen molar-refractivity contribution in [1.29, 1.82) is 0 Å². The molecule has 3 N–H and O–H groups in total. The van der Waals surface area contributed by atoms with Crippen molar-refractivity contribution in [3.8, 4) is 0 Å². The second-order valence-corrected chi connectivity index (χ2v) is 5.22. The highest BCUT2D eigenvalue weighted by Gasteiger charge is 2.29. The fourth-order valence-corrected chi connectivity index (χ4v) is 2.18. The fraction of sp³-hybridized carbons (Fsp3) is 0.500. The van der Waals surface area contributed by atoms with Gasteiger partial charge in [0.2, 0.25) is 0 Å². The Bertz CT molecular complexity index is 451. The Hall–Kier alpha value is -1.55. The second kappa shape index (κ2) is 4.98. The molecule has 1 aliphatic rings. The highest BCUT2D eigenvalue weighted by Crippen LogP contribution is 2.21. The van der Waals surface area contributed by atoms with Crippen molar-refractivity contribution in [2.75, 3.05) is 18.9 Å². The largest absolute Gasteiger partial charge is 0.398 e. The molecule has 98 valence electrons. The SMILES string of the molecule is Cc1ccc(C(=O)NC2(C)CCOCC2)c(N)c1. The number of nitrogen functional groups attached to an aromatic ring is 1. The smallest absolute Gasteiger partial charge is 0.253 e. The van der Waals surface area contributed by atoms with Gasteiger partial charge in [-0.3, -0.25) is 4.79 Å². The molecule has 0 bridgehead atoms. The Morgan fingerprint density at radius 1 is 1.39 bits per heavy atom. The average Bonchev–Trinajstić information content (AvgIpc) is 2.28. The molecule has 0 aromatic heterocycles. The number of anilines is 1. The summed E-state index contributed by atoms with van der Waals surface area (Å²) in [5, 5.41) is 3.07. The number of rotatable bonds is 2. The molecule has 1 fully saturated rings. The monoisotopic (exact) mass is 248 g/mol. The number of nitrogens with two attached hydrogens (primary N) is 1. The maximum atomic E-state index is 12.2. The van der Waals surface area contributed by atoms with E-state index in [1.54, 1.807) is 6.07 Å². The molecule has 1 amide bonds. The summed E-state index contributed by atoms with van der Waals surface area (Å²) in [5.74, 6) is -0.100. The van der Waals surface area contributed by atoms with Crippen molar-refractivity contribution in [3.05, 3.63) is 29.3 Å². The molecule has 4 heteroatoms. The topological polar surface area (TPSA) is 64.3 Å². The normalized spacial score (nSPS) is 18.3. The van der Waals surface area contributed by atoms with Crippen LogP contribution in [0.4, 0.5) is 5.69 Å². The van der Waals surface area contributed by atoms with Crippen LogP contribution in [0.25, 0.3) is 0 Å². The number of amides is 1. The summed E-state index contributed by atoms with van der Waals surface area (Å²) >= 11 is 0. The predicted octanol–water partition coefficient (Wildman–Crippen LogP) is 1.88. The van der Waals surface area contributed by atoms with Gasteiger partial charge in [-0.1, -0.05) is 6.07 Å². The third kappa shape index (κ3) is 2.82. The Balaban J connectivity index is 2.11. The van der Waals surface area contributed by atoms with Gasteiger partial charge in [-0.2, -0.15) is 0 Å². The lowest BCUT2D eigenvalue weighted by molar-refractivity contribution is 0.0423. The van der Waals surface area contributed by atoms with Crippen LogP contribution in [0.1, 0.15) is 35.7 Å². The van der Waals surface area contributed by atoms with Crippen LogP contribution in [-0.2, 0) is 4.74 Å². The van der Waals surface area contributed by atoms with Gasteiger partial charge in [0.1, 0.15) is 0 Å². The van der Waals surface area contributed by atoms with Crippen LogP contribution in [0, 0.1) is 6.92 Å². The van der Waals surface area contributed by atoms with E-state index in [1.807, 2.05) is 19.1 Å². The van der Waals surface area contributed by atoms with Crippen molar-refractivity contribution in [1.82, 2.24) is 5.32 Å². The lowest BCUT2D eigenvalue weighted by Gasteiger charge is -2.34. The fourth-order valence-electron chi connectivity index (χ4n) is 2.18. The second-order valence-electron chi connectivity index (χ2n) is 5.22. The number of carbonyl (C=O) groups excluding carboxylic acids is 1. The number of benzene rings is 1. The van der Waals surface area contributed by atoms with E-state index in [2.05, 4.69) is 12.2 Å². The van der Waals surface area contributed by atoms with E-state index in [9.17, 15) is 4.79 Å². The number of carbonyl (C=O) groups is 1. The van der Waals surface area contributed by atoms with Crippen molar-refractivity contribution in [2.45, 2.75) is 32.2 Å². The van der Waals surface area contributed by atoms with Crippen LogP contribution >= 0.6 is 0 Å². The summed E-state index contributed by atoms with van der Waals surface area (Å²) < 4.78 is 5.32. The summed E-state index contributed by atoms with van der Waals surface area (Å²) in [7, 11) is 0. The van der Waals surface area contributed by atoms with Gasteiger partial charge >= 0.3 is 0 Å². The zero-order valence-corrected chi connectivity index (χ0v) is 11.0. The molecular weight excluding hydrogens is 228 g/mol. The molecule has 1 saturated heterocycles. The molecule has 1 aromatic rings. The van der Waals surface area contributed by atoms with Crippen LogP contribution in [0.2, 0.25) is 0 Å². The third-order valence-corrected chi connectivity index (χ3v) is 3.46. The number of aryl methyl sites for hydroxylation is 1. The molecule has 18 heavy (non-hydrogen) atoms. The van der Waals surface area contributed by atoms with E-state index < -0.39 is 0 Å². The first-order valence-electron chi connectivity index (χ1n) is 6.27.